The van der Waals surface area contributed by atoms with Gasteiger partial charge in [0.25, 0.3) is 0 Å². The van der Waals surface area contributed by atoms with Crippen molar-refractivity contribution in [3.63, 3.8) is 0 Å². The molecule has 0 saturated carbocycles. The molecular formula is C34H21N3. The number of hydrogen-bond donors (Lipinski definition) is 0. The zero-order valence-corrected chi connectivity index (χ0v) is 20.0. The van der Waals surface area contributed by atoms with Crippen molar-refractivity contribution < 1.29 is 0 Å². The van der Waals surface area contributed by atoms with Crippen molar-refractivity contribution in [1.29, 1.82) is 0 Å². The third-order valence-electron chi connectivity index (χ3n) is 7.40. The van der Waals surface area contributed by atoms with Gasteiger partial charge in [0, 0.05) is 44.4 Å². The topological polar surface area (TPSA) is 30.7 Å². The molecule has 0 atom stereocenters. The van der Waals surface area contributed by atoms with Crippen molar-refractivity contribution in [3.8, 4) is 16.8 Å². The van der Waals surface area contributed by atoms with Crippen LogP contribution in [0.5, 0.6) is 0 Å². The molecule has 0 unspecified atom stereocenters. The van der Waals surface area contributed by atoms with E-state index in [0.717, 1.165) is 32.7 Å². The first kappa shape index (κ1) is 20.2. The smallest absolute Gasteiger partial charge is 0.0978 e. The number of aromatic nitrogens is 3. The molecule has 0 bridgehead atoms. The summed E-state index contributed by atoms with van der Waals surface area (Å²) in [7, 11) is 0. The van der Waals surface area contributed by atoms with Gasteiger partial charge in [-0.2, -0.15) is 0 Å². The lowest BCUT2D eigenvalue weighted by Crippen LogP contribution is -1.93. The Morgan fingerprint density at radius 1 is 0.514 bits per heavy atom. The lowest BCUT2D eigenvalue weighted by Gasteiger charge is -2.13. The molecule has 0 spiro atoms. The summed E-state index contributed by atoms with van der Waals surface area (Å²) in [5, 5.41) is 5.86. The Morgan fingerprint density at radius 2 is 1.30 bits per heavy atom. The van der Waals surface area contributed by atoms with E-state index < -0.39 is 0 Å². The standard InChI is InChI=1S/C34H21N3/c1-2-10-24(11-3-1)37-30-15-7-5-12-25(30)28-21-23(17-19-31(28)37)32-26-13-4-6-14-29(26)36-34-27(32)18-16-22-9-8-20-35-33(22)34/h1-21H. The molecule has 0 fully saturated rings. The average molecular weight is 472 g/mol. The molecule has 0 aliphatic carbocycles. The van der Waals surface area contributed by atoms with Gasteiger partial charge in [-0.3, -0.25) is 4.98 Å². The lowest BCUT2D eigenvalue weighted by atomic mass is 9.94. The highest BCUT2D eigenvalue weighted by atomic mass is 15.0. The first-order valence-corrected chi connectivity index (χ1v) is 12.5. The maximum Gasteiger partial charge on any atom is 0.0978 e. The molecule has 0 saturated heterocycles. The minimum absolute atomic E-state index is 0.939. The van der Waals surface area contributed by atoms with Gasteiger partial charge < -0.3 is 4.57 Å². The van der Waals surface area contributed by atoms with E-state index in [0.29, 0.717) is 0 Å². The van der Waals surface area contributed by atoms with Crippen molar-refractivity contribution in [2.45, 2.75) is 0 Å². The quantitative estimate of drug-likeness (QED) is 0.186. The average Bonchev–Trinajstić information content (AvgIpc) is 3.30. The molecule has 172 valence electrons. The van der Waals surface area contributed by atoms with E-state index >= 15 is 0 Å². The number of fused-ring (bicyclic) bond motifs is 7. The predicted molar refractivity (Wildman–Crippen MR) is 154 cm³/mol. The van der Waals surface area contributed by atoms with Crippen LogP contribution in [0.15, 0.2) is 128 Å². The second-order valence-electron chi connectivity index (χ2n) is 9.46. The lowest BCUT2D eigenvalue weighted by molar-refractivity contribution is 1.18. The molecule has 0 aliphatic heterocycles. The van der Waals surface area contributed by atoms with E-state index in [9.17, 15) is 0 Å². The molecule has 0 aliphatic rings. The fourth-order valence-corrected chi connectivity index (χ4v) is 5.79. The normalized spacial score (nSPS) is 11.8. The van der Waals surface area contributed by atoms with Crippen LogP contribution in [0.25, 0.3) is 71.3 Å². The van der Waals surface area contributed by atoms with Crippen molar-refractivity contribution in [2.24, 2.45) is 0 Å². The Balaban J connectivity index is 1.50. The van der Waals surface area contributed by atoms with Crippen molar-refractivity contribution in [2.75, 3.05) is 0 Å². The molecule has 0 amide bonds. The van der Waals surface area contributed by atoms with Gasteiger partial charge in [0.2, 0.25) is 0 Å². The highest BCUT2D eigenvalue weighted by Gasteiger charge is 2.17. The van der Waals surface area contributed by atoms with E-state index in [1.54, 1.807) is 0 Å². The summed E-state index contributed by atoms with van der Waals surface area (Å²) in [6.07, 6.45) is 1.85. The second-order valence-corrected chi connectivity index (χ2v) is 9.46. The number of benzene rings is 5. The molecule has 5 aromatic carbocycles. The molecule has 37 heavy (non-hydrogen) atoms. The Bertz CT molecular complexity index is 2140. The Hall–Kier alpha value is -5.02. The zero-order valence-electron chi connectivity index (χ0n) is 20.0. The Kier molecular flexibility index (Phi) is 4.23. The van der Waals surface area contributed by atoms with Gasteiger partial charge in [-0.1, -0.05) is 78.9 Å². The Labute approximate surface area is 213 Å². The minimum atomic E-state index is 0.939. The van der Waals surface area contributed by atoms with Crippen molar-refractivity contribution >= 4 is 54.5 Å². The summed E-state index contributed by atoms with van der Waals surface area (Å²) in [4.78, 5) is 9.79. The molecule has 3 aromatic heterocycles. The summed E-state index contributed by atoms with van der Waals surface area (Å²) in [5.74, 6) is 0. The van der Waals surface area contributed by atoms with Gasteiger partial charge in [0.15, 0.2) is 0 Å². The summed E-state index contributed by atoms with van der Waals surface area (Å²) >= 11 is 0. The first-order valence-electron chi connectivity index (χ1n) is 12.5. The van der Waals surface area contributed by atoms with E-state index in [-0.39, 0.29) is 0 Å². The van der Waals surface area contributed by atoms with Gasteiger partial charge in [-0.05, 0) is 48.0 Å². The molecule has 3 heteroatoms. The first-order chi connectivity index (χ1) is 18.4. The van der Waals surface area contributed by atoms with Crippen LogP contribution in [-0.2, 0) is 0 Å². The second kappa shape index (κ2) is 7.74. The van der Waals surface area contributed by atoms with Crippen molar-refractivity contribution in [3.05, 3.63) is 128 Å². The van der Waals surface area contributed by atoms with E-state index in [2.05, 4.69) is 120 Å². The van der Waals surface area contributed by atoms with Crippen LogP contribution in [0.1, 0.15) is 0 Å². The third kappa shape index (κ3) is 2.95. The maximum absolute atomic E-state index is 5.08. The van der Waals surface area contributed by atoms with E-state index in [1.807, 2.05) is 12.3 Å². The molecular weight excluding hydrogens is 450 g/mol. The summed E-state index contributed by atoms with van der Waals surface area (Å²) in [6.45, 7) is 0. The highest BCUT2D eigenvalue weighted by Crippen LogP contribution is 2.40. The number of rotatable bonds is 2. The maximum atomic E-state index is 5.08. The van der Waals surface area contributed by atoms with Gasteiger partial charge in [-0.25, -0.2) is 4.98 Å². The van der Waals surface area contributed by atoms with Gasteiger partial charge in [0.1, 0.15) is 0 Å². The van der Waals surface area contributed by atoms with Crippen LogP contribution >= 0.6 is 0 Å². The summed E-state index contributed by atoms with van der Waals surface area (Å²) < 4.78 is 2.36. The fourth-order valence-electron chi connectivity index (χ4n) is 5.79. The SMILES string of the molecule is c1ccc(-n2c3ccccc3c3cc(-c4c5ccccc5nc5c4ccc4cccnc45)ccc32)cc1. The minimum Gasteiger partial charge on any atom is -0.309 e. The summed E-state index contributed by atoms with van der Waals surface area (Å²) in [5.41, 5.74) is 8.82. The molecule has 3 nitrogen and oxygen atoms in total. The number of pyridine rings is 2. The predicted octanol–water partition coefficient (Wildman–Crippen LogP) is 8.70. The number of hydrogen-bond acceptors (Lipinski definition) is 2. The van der Waals surface area contributed by atoms with Crippen LogP contribution in [0, 0.1) is 0 Å². The van der Waals surface area contributed by atoms with Crippen LogP contribution in [-0.4, -0.2) is 14.5 Å². The molecule has 0 N–H and O–H groups in total. The molecule has 3 heterocycles. The number of para-hydroxylation sites is 3. The van der Waals surface area contributed by atoms with Crippen LogP contribution in [0.2, 0.25) is 0 Å². The monoisotopic (exact) mass is 471 g/mol. The zero-order chi connectivity index (χ0) is 24.3. The van der Waals surface area contributed by atoms with Crippen LogP contribution in [0.3, 0.4) is 0 Å². The van der Waals surface area contributed by atoms with Gasteiger partial charge in [-0.15, -0.1) is 0 Å². The van der Waals surface area contributed by atoms with E-state index in [1.165, 1.54) is 38.6 Å². The molecule has 8 aromatic rings. The molecule has 0 radical (unpaired) electrons. The number of nitrogens with zero attached hydrogens (tertiary/aromatic N) is 3. The van der Waals surface area contributed by atoms with Crippen LogP contribution in [0.4, 0.5) is 0 Å². The largest absolute Gasteiger partial charge is 0.309 e. The molecule has 8 rings (SSSR count). The fraction of sp³-hybridized carbons (Fsp3) is 0. The summed E-state index contributed by atoms with van der Waals surface area (Å²) in [6, 6.07) is 43.0. The Morgan fingerprint density at radius 3 is 2.22 bits per heavy atom. The van der Waals surface area contributed by atoms with Gasteiger partial charge in [0.05, 0.1) is 27.6 Å². The third-order valence-corrected chi connectivity index (χ3v) is 7.40. The van der Waals surface area contributed by atoms with Gasteiger partial charge >= 0.3 is 0 Å². The van der Waals surface area contributed by atoms with Crippen molar-refractivity contribution in [1.82, 2.24) is 14.5 Å². The van der Waals surface area contributed by atoms with E-state index in [4.69, 9.17) is 9.97 Å². The highest BCUT2D eigenvalue weighted by molar-refractivity contribution is 6.18. The van der Waals surface area contributed by atoms with Crippen LogP contribution < -0.4 is 0 Å².